The number of fused-ring (bicyclic) bond motifs is 3. The minimum absolute atomic E-state index is 0.0611. The molecular weight excluding hydrogens is 452 g/mol. The van der Waals surface area contributed by atoms with Crippen LogP contribution >= 0.6 is 11.6 Å². The molecule has 8 rings (SSSR count). The topological polar surface area (TPSA) is 82.2 Å². The molecule has 2 unspecified atom stereocenters. The standard InChI is InChI=1S/C26H25ClN4O3/c1-33-22-7-18-17-4-2-3-5-20(17)34-21(18)8-19(22)29-23(32)25-9-15-6-16(10-25)12-26(11-15,13-25)31-14-28-24(27)30-31/h2-5,7-8,14-16H,6,9-13H2,1H3,(H,29,32)/t15-,16+,25?,26?. The molecule has 0 spiro atoms. The first kappa shape index (κ1) is 20.3. The summed E-state index contributed by atoms with van der Waals surface area (Å²) in [6, 6.07) is 11.8. The van der Waals surface area contributed by atoms with Crippen LogP contribution in [-0.4, -0.2) is 27.8 Å². The molecule has 2 aromatic carbocycles. The molecule has 4 atom stereocenters. The lowest BCUT2D eigenvalue weighted by atomic mass is 9.46. The number of methoxy groups -OCH3 is 1. The van der Waals surface area contributed by atoms with Crippen molar-refractivity contribution in [2.75, 3.05) is 12.4 Å². The van der Waals surface area contributed by atoms with Gasteiger partial charge in [-0.25, -0.2) is 9.67 Å². The fraction of sp³-hybridized carbons (Fsp3) is 0.423. The fourth-order valence-corrected chi connectivity index (χ4v) is 7.62. The molecule has 1 amide bonds. The maximum Gasteiger partial charge on any atom is 0.242 e. The van der Waals surface area contributed by atoms with Crippen LogP contribution in [0.4, 0.5) is 5.69 Å². The molecule has 8 heteroatoms. The molecule has 4 aliphatic carbocycles. The Bertz CT molecular complexity index is 1440. The number of hydrogen-bond donors (Lipinski definition) is 1. The Kier molecular flexibility index (Phi) is 4.17. The van der Waals surface area contributed by atoms with Gasteiger partial charge in [0.1, 0.15) is 23.2 Å². The summed E-state index contributed by atoms with van der Waals surface area (Å²) in [6.07, 6.45) is 7.57. The number of anilines is 1. The molecule has 2 heterocycles. The largest absolute Gasteiger partial charge is 0.495 e. The summed E-state index contributed by atoms with van der Waals surface area (Å²) in [5.74, 6) is 1.71. The third-order valence-electron chi connectivity index (χ3n) is 8.41. The van der Waals surface area contributed by atoms with Gasteiger partial charge in [0.05, 0.1) is 23.8 Å². The minimum atomic E-state index is -0.434. The summed E-state index contributed by atoms with van der Waals surface area (Å²) < 4.78 is 13.7. The molecule has 0 aliphatic heterocycles. The van der Waals surface area contributed by atoms with E-state index >= 15 is 0 Å². The van der Waals surface area contributed by atoms with Crippen molar-refractivity contribution in [3.05, 3.63) is 48.0 Å². The molecule has 7 nitrogen and oxygen atoms in total. The number of rotatable bonds is 4. The number of hydrogen-bond acceptors (Lipinski definition) is 5. The number of halogens is 1. The quantitative estimate of drug-likeness (QED) is 0.404. The zero-order valence-electron chi connectivity index (χ0n) is 18.9. The van der Waals surface area contributed by atoms with Crippen molar-refractivity contribution < 1.29 is 13.9 Å². The van der Waals surface area contributed by atoms with Gasteiger partial charge in [0.15, 0.2) is 0 Å². The second kappa shape index (κ2) is 6.98. The molecular formula is C26H25ClN4O3. The third kappa shape index (κ3) is 2.86. The number of para-hydroxylation sites is 1. The van der Waals surface area contributed by atoms with Crippen molar-refractivity contribution in [2.24, 2.45) is 17.3 Å². The Balaban J connectivity index is 1.26. The molecule has 4 fully saturated rings. The summed E-state index contributed by atoms with van der Waals surface area (Å²) in [4.78, 5) is 18.1. The highest BCUT2D eigenvalue weighted by molar-refractivity contribution is 6.28. The Morgan fingerprint density at radius 3 is 2.68 bits per heavy atom. The lowest BCUT2D eigenvalue weighted by Crippen LogP contribution is -2.60. The molecule has 4 bridgehead atoms. The number of nitrogens with one attached hydrogen (secondary N) is 1. The van der Waals surface area contributed by atoms with E-state index in [9.17, 15) is 4.79 Å². The second-order valence-electron chi connectivity index (χ2n) is 10.5. The fourth-order valence-electron chi connectivity index (χ4n) is 7.49. The Morgan fingerprint density at radius 2 is 1.94 bits per heavy atom. The highest BCUT2D eigenvalue weighted by atomic mass is 35.5. The van der Waals surface area contributed by atoms with Crippen LogP contribution in [-0.2, 0) is 10.3 Å². The summed E-state index contributed by atoms with van der Waals surface area (Å²) in [5.41, 5.74) is 1.58. The average molecular weight is 477 g/mol. The molecule has 1 N–H and O–H groups in total. The van der Waals surface area contributed by atoms with Crippen LogP contribution < -0.4 is 10.1 Å². The Morgan fingerprint density at radius 1 is 1.15 bits per heavy atom. The van der Waals surface area contributed by atoms with Gasteiger partial charge in [0, 0.05) is 16.8 Å². The van der Waals surface area contributed by atoms with Crippen LogP contribution in [0, 0.1) is 17.3 Å². The number of carbonyl (C=O) groups excluding carboxylic acids is 1. The van der Waals surface area contributed by atoms with Gasteiger partial charge in [-0.05, 0) is 74.1 Å². The lowest BCUT2D eigenvalue weighted by molar-refractivity contribution is -0.150. The van der Waals surface area contributed by atoms with Gasteiger partial charge in [0.2, 0.25) is 11.2 Å². The first-order chi connectivity index (χ1) is 16.5. The van der Waals surface area contributed by atoms with E-state index in [1.54, 1.807) is 13.4 Å². The average Bonchev–Trinajstić information content (AvgIpc) is 3.41. The lowest BCUT2D eigenvalue weighted by Gasteiger charge is -2.60. The van der Waals surface area contributed by atoms with Crippen molar-refractivity contribution in [1.82, 2.24) is 14.8 Å². The highest BCUT2D eigenvalue weighted by Crippen LogP contribution is 2.64. The summed E-state index contributed by atoms with van der Waals surface area (Å²) >= 11 is 6.07. The van der Waals surface area contributed by atoms with Crippen LogP contribution in [0.25, 0.3) is 21.9 Å². The van der Waals surface area contributed by atoms with Crippen molar-refractivity contribution in [3.63, 3.8) is 0 Å². The van der Waals surface area contributed by atoms with E-state index < -0.39 is 5.41 Å². The maximum atomic E-state index is 14.0. The van der Waals surface area contributed by atoms with Crippen molar-refractivity contribution >= 4 is 45.1 Å². The predicted octanol–water partition coefficient (Wildman–Crippen LogP) is 5.77. The second-order valence-corrected chi connectivity index (χ2v) is 10.9. The monoisotopic (exact) mass is 476 g/mol. The summed E-state index contributed by atoms with van der Waals surface area (Å²) in [6.45, 7) is 0. The number of ether oxygens (including phenoxy) is 1. The summed E-state index contributed by atoms with van der Waals surface area (Å²) in [5, 5.41) is 9.97. The Labute approximate surface area is 201 Å². The van der Waals surface area contributed by atoms with Gasteiger partial charge in [-0.1, -0.05) is 18.2 Å². The zero-order chi connectivity index (χ0) is 23.1. The molecule has 0 radical (unpaired) electrons. The van der Waals surface area contributed by atoms with E-state index in [1.165, 1.54) is 6.42 Å². The van der Waals surface area contributed by atoms with Crippen molar-refractivity contribution in [1.29, 1.82) is 0 Å². The number of furan rings is 1. The first-order valence-electron chi connectivity index (χ1n) is 11.9. The molecule has 2 aromatic heterocycles. The summed E-state index contributed by atoms with van der Waals surface area (Å²) in [7, 11) is 1.63. The molecule has 4 aromatic rings. The van der Waals surface area contributed by atoms with E-state index in [1.807, 2.05) is 41.1 Å². The van der Waals surface area contributed by atoms with Crippen molar-refractivity contribution in [3.8, 4) is 5.75 Å². The van der Waals surface area contributed by atoms with Crippen LogP contribution in [0.15, 0.2) is 47.1 Å². The minimum Gasteiger partial charge on any atom is -0.495 e. The number of amides is 1. The molecule has 0 saturated heterocycles. The molecule has 174 valence electrons. The van der Waals surface area contributed by atoms with Gasteiger partial charge in [-0.2, -0.15) is 0 Å². The number of benzene rings is 2. The first-order valence-corrected chi connectivity index (χ1v) is 12.2. The van der Waals surface area contributed by atoms with E-state index in [-0.39, 0.29) is 16.7 Å². The zero-order valence-corrected chi connectivity index (χ0v) is 19.6. The molecule has 4 saturated carbocycles. The van der Waals surface area contributed by atoms with Gasteiger partial charge in [-0.15, -0.1) is 5.10 Å². The van der Waals surface area contributed by atoms with E-state index in [2.05, 4.69) is 15.4 Å². The highest BCUT2D eigenvalue weighted by Gasteiger charge is 2.61. The van der Waals surface area contributed by atoms with Gasteiger partial charge >= 0.3 is 0 Å². The molecule has 4 aliphatic rings. The number of aromatic nitrogens is 3. The van der Waals surface area contributed by atoms with Gasteiger partial charge in [-0.3, -0.25) is 4.79 Å². The number of carbonyl (C=O) groups is 1. The maximum absolute atomic E-state index is 14.0. The van der Waals surface area contributed by atoms with Crippen LogP contribution in [0.3, 0.4) is 0 Å². The normalized spacial score (nSPS) is 29.7. The van der Waals surface area contributed by atoms with Gasteiger partial charge < -0.3 is 14.5 Å². The predicted molar refractivity (Wildman–Crippen MR) is 129 cm³/mol. The van der Waals surface area contributed by atoms with Crippen molar-refractivity contribution in [2.45, 2.75) is 44.1 Å². The van der Waals surface area contributed by atoms with Crippen LogP contribution in [0.2, 0.25) is 5.28 Å². The van der Waals surface area contributed by atoms with Gasteiger partial charge in [0.25, 0.3) is 0 Å². The SMILES string of the molecule is COc1cc2c(cc1NC(=O)C13C[C@H]4C[C@@H](C1)CC(n1cnc(Cl)n1)(C4)C3)oc1ccccc12. The van der Waals surface area contributed by atoms with E-state index in [4.69, 9.17) is 20.8 Å². The van der Waals surface area contributed by atoms with Crippen LogP contribution in [0.5, 0.6) is 5.75 Å². The number of nitrogens with zero attached hydrogens (tertiary/aromatic N) is 3. The van der Waals surface area contributed by atoms with Crippen LogP contribution in [0.1, 0.15) is 38.5 Å². The Hall–Kier alpha value is -3.06. The van der Waals surface area contributed by atoms with E-state index in [0.717, 1.165) is 54.0 Å². The van der Waals surface area contributed by atoms with E-state index in [0.29, 0.717) is 23.3 Å². The third-order valence-corrected chi connectivity index (χ3v) is 8.58. The smallest absolute Gasteiger partial charge is 0.242 e. The molecule has 34 heavy (non-hydrogen) atoms.